The van der Waals surface area contributed by atoms with E-state index < -0.39 is 11.6 Å². The fraction of sp³-hybridized carbons (Fsp3) is 0.250. The second kappa shape index (κ2) is 9.39. The first-order valence-electron chi connectivity index (χ1n) is 10.2. The number of amides is 2. The monoisotopic (exact) mass is 440 g/mol. The Balaban J connectivity index is 1.28. The van der Waals surface area contributed by atoms with E-state index in [4.69, 9.17) is 0 Å². The molecule has 4 rings (SSSR count). The molecule has 160 valence electrons. The Labute approximate surface area is 183 Å². The molecular weight excluding hydrogens is 418 g/mol. The molecular formula is C24H22F2N2O2S. The summed E-state index contributed by atoms with van der Waals surface area (Å²) in [6.07, 6.45) is 1.10. The zero-order valence-electron chi connectivity index (χ0n) is 16.8. The van der Waals surface area contributed by atoms with Crippen molar-refractivity contribution in [3.8, 4) is 10.4 Å². The Morgan fingerprint density at radius 1 is 1.03 bits per heavy atom. The van der Waals surface area contributed by atoms with Gasteiger partial charge in [0, 0.05) is 47.6 Å². The molecule has 1 saturated heterocycles. The summed E-state index contributed by atoms with van der Waals surface area (Å²) in [5.41, 5.74) is 1.96. The Morgan fingerprint density at radius 3 is 2.42 bits per heavy atom. The molecule has 1 N–H and O–H groups in total. The highest BCUT2D eigenvalue weighted by Crippen LogP contribution is 2.26. The van der Waals surface area contributed by atoms with Crippen LogP contribution in [-0.2, 0) is 11.3 Å². The van der Waals surface area contributed by atoms with E-state index in [1.165, 1.54) is 12.1 Å². The number of carbonyl (C=O) groups excluding carboxylic acids is 2. The second-order valence-electron chi connectivity index (χ2n) is 7.57. The summed E-state index contributed by atoms with van der Waals surface area (Å²) in [7, 11) is 0. The smallest absolute Gasteiger partial charge is 0.253 e. The van der Waals surface area contributed by atoms with Crippen molar-refractivity contribution in [3.63, 3.8) is 0 Å². The van der Waals surface area contributed by atoms with E-state index in [-0.39, 0.29) is 29.8 Å². The predicted octanol–water partition coefficient (Wildman–Crippen LogP) is 4.86. The van der Waals surface area contributed by atoms with Crippen molar-refractivity contribution in [1.82, 2.24) is 10.2 Å². The fourth-order valence-corrected chi connectivity index (χ4v) is 4.47. The van der Waals surface area contributed by atoms with E-state index in [1.807, 2.05) is 41.8 Å². The van der Waals surface area contributed by atoms with Crippen molar-refractivity contribution in [2.24, 2.45) is 5.92 Å². The predicted molar refractivity (Wildman–Crippen MR) is 117 cm³/mol. The largest absolute Gasteiger partial charge is 0.352 e. The summed E-state index contributed by atoms with van der Waals surface area (Å²) >= 11 is 1.65. The summed E-state index contributed by atoms with van der Waals surface area (Å²) in [4.78, 5) is 28.2. The van der Waals surface area contributed by atoms with E-state index in [0.29, 0.717) is 31.5 Å². The lowest BCUT2D eigenvalue weighted by atomic mass is 9.95. The Hall–Kier alpha value is -3.06. The van der Waals surface area contributed by atoms with Gasteiger partial charge in [0.15, 0.2) is 0 Å². The standard InChI is InChI=1S/C24H22F2N2O2S/c25-20-8-7-19(21(26)14-20)15-27-23(29)17-9-11-28(12-10-17)24(30)18-5-3-16(4-6-18)22-2-1-13-31-22/h1-8,13-14,17H,9-12,15H2,(H,27,29). The van der Waals surface area contributed by atoms with Gasteiger partial charge in [0.1, 0.15) is 11.6 Å². The number of likely N-dealkylation sites (tertiary alicyclic amines) is 1. The normalized spacial score (nSPS) is 14.5. The van der Waals surface area contributed by atoms with Crippen molar-refractivity contribution in [1.29, 1.82) is 0 Å². The SMILES string of the molecule is O=C(NCc1ccc(F)cc1F)C1CCN(C(=O)c2ccc(-c3cccs3)cc2)CC1. The van der Waals surface area contributed by atoms with Gasteiger partial charge >= 0.3 is 0 Å². The highest BCUT2D eigenvalue weighted by Gasteiger charge is 2.27. The van der Waals surface area contributed by atoms with Crippen LogP contribution in [0, 0.1) is 17.6 Å². The minimum atomic E-state index is -0.675. The first-order chi connectivity index (χ1) is 15.0. The molecule has 1 aliphatic rings. The lowest BCUT2D eigenvalue weighted by molar-refractivity contribution is -0.126. The van der Waals surface area contributed by atoms with Gasteiger partial charge in [0.05, 0.1) is 0 Å². The summed E-state index contributed by atoms with van der Waals surface area (Å²) < 4.78 is 26.7. The van der Waals surface area contributed by atoms with Gasteiger partial charge in [-0.05, 0) is 48.1 Å². The average Bonchev–Trinajstić information content (AvgIpc) is 3.33. The van der Waals surface area contributed by atoms with Crippen LogP contribution in [0.1, 0.15) is 28.8 Å². The first kappa shape index (κ1) is 21.2. The number of benzene rings is 2. The number of halogens is 2. The van der Waals surface area contributed by atoms with E-state index >= 15 is 0 Å². The minimum absolute atomic E-state index is 0.0146. The summed E-state index contributed by atoms with van der Waals surface area (Å²) in [6.45, 7) is 1.00. The highest BCUT2D eigenvalue weighted by molar-refractivity contribution is 7.13. The summed E-state index contributed by atoms with van der Waals surface area (Å²) in [6, 6.07) is 14.9. The van der Waals surface area contributed by atoms with Crippen molar-refractivity contribution < 1.29 is 18.4 Å². The Bertz CT molecular complexity index is 1060. The third kappa shape index (κ3) is 4.99. The fourth-order valence-electron chi connectivity index (χ4n) is 3.74. The van der Waals surface area contributed by atoms with Gasteiger partial charge in [-0.3, -0.25) is 9.59 Å². The molecule has 7 heteroatoms. The Morgan fingerprint density at radius 2 is 1.77 bits per heavy atom. The van der Waals surface area contributed by atoms with Gasteiger partial charge in [-0.1, -0.05) is 24.3 Å². The highest BCUT2D eigenvalue weighted by atomic mass is 32.1. The van der Waals surface area contributed by atoms with Crippen LogP contribution in [0.4, 0.5) is 8.78 Å². The lowest BCUT2D eigenvalue weighted by Crippen LogP contribution is -2.43. The van der Waals surface area contributed by atoms with Crippen LogP contribution in [0.2, 0.25) is 0 Å². The molecule has 0 aliphatic carbocycles. The van der Waals surface area contributed by atoms with Crippen LogP contribution in [0.15, 0.2) is 60.0 Å². The van der Waals surface area contributed by atoms with Crippen molar-refractivity contribution in [2.75, 3.05) is 13.1 Å². The maximum absolute atomic E-state index is 13.7. The van der Waals surface area contributed by atoms with E-state index in [9.17, 15) is 18.4 Å². The molecule has 0 bridgehead atoms. The average molecular weight is 441 g/mol. The molecule has 0 atom stereocenters. The van der Waals surface area contributed by atoms with E-state index in [1.54, 1.807) is 16.2 Å². The molecule has 3 aromatic rings. The van der Waals surface area contributed by atoms with Crippen LogP contribution in [0.5, 0.6) is 0 Å². The van der Waals surface area contributed by atoms with Gasteiger partial charge in [0.2, 0.25) is 5.91 Å². The van der Waals surface area contributed by atoms with Crippen LogP contribution < -0.4 is 5.32 Å². The van der Waals surface area contributed by atoms with Gasteiger partial charge < -0.3 is 10.2 Å². The van der Waals surface area contributed by atoms with Gasteiger partial charge in [-0.2, -0.15) is 0 Å². The molecule has 0 spiro atoms. The number of carbonyl (C=O) groups is 2. The zero-order chi connectivity index (χ0) is 21.8. The van der Waals surface area contributed by atoms with E-state index in [0.717, 1.165) is 16.5 Å². The molecule has 1 fully saturated rings. The molecule has 2 amide bonds. The van der Waals surface area contributed by atoms with Gasteiger partial charge in [0.25, 0.3) is 5.91 Å². The first-order valence-corrected chi connectivity index (χ1v) is 11.0. The molecule has 0 unspecified atom stereocenters. The quantitative estimate of drug-likeness (QED) is 0.616. The molecule has 1 aromatic heterocycles. The second-order valence-corrected chi connectivity index (χ2v) is 8.52. The van der Waals surface area contributed by atoms with Crippen LogP contribution in [0.25, 0.3) is 10.4 Å². The third-order valence-corrected chi connectivity index (χ3v) is 6.48. The van der Waals surface area contributed by atoms with Crippen LogP contribution in [-0.4, -0.2) is 29.8 Å². The number of piperidine rings is 1. The molecule has 2 aromatic carbocycles. The number of rotatable bonds is 5. The molecule has 1 aliphatic heterocycles. The van der Waals surface area contributed by atoms with E-state index in [2.05, 4.69) is 5.32 Å². The molecule has 4 nitrogen and oxygen atoms in total. The summed E-state index contributed by atoms with van der Waals surface area (Å²) in [5.74, 6) is -1.76. The van der Waals surface area contributed by atoms with Crippen LogP contribution >= 0.6 is 11.3 Å². The maximum Gasteiger partial charge on any atom is 0.253 e. The zero-order valence-corrected chi connectivity index (χ0v) is 17.6. The van der Waals surface area contributed by atoms with Crippen molar-refractivity contribution >= 4 is 23.2 Å². The molecule has 0 radical (unpaired) electrons. The van der Waals surface area contributed by atoms with Crippen LogP contribution in [0.3, 0.4) is 0 Å². The Kier molecular flexibility index (Phi) is 6.42. The number of thiophene rings is 1. The number of hydrogen-bond donors (Lipinski definition) is 1. The van der Waals surface area contributed by atoms with Gasteiger partial charge in [-0.15, -0.1) is 11.3 Å². The summed E-state index contributed by atoms with van der Waals surface area (Å²) in [5, 5.41) is 4.74. The van der Waals surface area contributed by atoms with Gasteiger partial charge in [-0.25, -0.2) is 8.78 Å². The topological polar surface area (TPSA) is 49.4 Å². The molecule has 0 saturated carbocycles. The van der Waals surface area contributed by atoms with Crippen molar-refractivity contribution in [3.05, 3.63) is 82.7 Å². The molecule has 31 heavy (non-hydrogen) atoms. The number of hydrogen-bond acceptors (Lipinski definition) is 3. The number of nitrogens with one attached hydrogen (secondary N) is 1. The molecule has 2 heterocycles. The van der Waals surface area contributed by atoms with Crippen molar-refractivity contribution in [2.45, 2.75) is 19.4 Å². The number of nitrogens with zero attached hydrogens (tertiary/aromatic N) is 1. The maximum atomic E-state index is 13.7. The third-order valence-electron chi connectivity index (χ3n) is 5.56. The minimum Gasteiger partial charge on any atom is -0.352 e. The lowest BCUT2D eigenvalue weighted by Gasteiger charge is -2.31.